The second-order valence-corrected chi connectivity index (χ2v) is 9.23. The number of piperazine rings is 1. The van der Waals surface area contributed by atoms with Crippen molar-refractivity contribution in [3.63, 3.8) is 0 Å². The van der Waals surface area contributed by atoms with Crippen LogP contribution in [0.1, 0.15) is 24.4 Å². The SMILES string of the molecule is CN1CCN(c2ccc(C3NNC4CC(=O)N(C5CCN(C)C5=O)CC43)cc2)CC1. The molecule has 162 valence electrons. The molecule has 8 heteroatoms. The lowest BCUT2D eigenvalue weighted by atomic mass is 9.84. The number of amides is 2. The molecule has 5 rings (SSSR count). The lowest BCUT2D eigenvalue weighted by molar-refractivity contribution is -0.145. The topological polar surface area (TPSA) is 71.2 Å². The second-order valence-electron chi connectivity index (χ2n) is 9.23. The van der Waals surface area contributed by atoms with Gasteiger partial charge < -0.3 is 19.6 Å². The molecule has 0 saturated carbocycles. The largest absolute Gasteiger partial charge is 0.369 e. The van der Waals surface area contributed by atoms with E-state index in [4.69, 9.17) is 0 Å². The van der Waals surface area contributed by atoms with Crippen molar-refractivity contribution < 1.29 is 9.59 Å². The zero-order chi connectivity index (χ0) is 20.8. The molecule has 4 atom stereocenters. The maximum Gasteiger partial charge on any atom is 0.245 e. The minimum Gasteiger partial charge on any atom is -0.369 e. The fourth-order valence-corrected chi connectivity index (χ4v) is 5.39. The molecule has 4 aliphatic rings. The van der Waals surface area contributed by atoms with Gasteiger partial charge >= 0.3 is 0 Å². The summed E-state index contributed by atoms with van der Waals surface area (Å²) in [6.07, 6.45) is 1.19. The summed E-state index contributed by atoms with van der Waals surface area (Å²) in [7, 11) is 3.99. The Kier molecular flexibility index (Phi) is 5.16. The number of hydrogen-bond acceptors (Lipinski definition) is 6. The van der Waals surface area contributed by atoms with Crippen molar-refractivity contribution in [3.8, 4) is 0 Å². The van der Waals surface area contributed by atoms with Crippen molar-refractivity contribution in [1.29, 1.82) is 0 Å². The lowest BCUT2D eigenvalue weighted by Crippen LogP contribution is -2.54. The summed E-state index contributed by atoms with van der Waals surface area (Å²) in [6, 6.07) is 8.83. The van der Waals surface area contributed by atoms with Crippen LogP contribution in [0.15, 0.2) is 24.3 Å². The molecule has 0 aromatic heterocycles. The van der Waals surface area contributed by atoms with E-state index in [1.165, 1.54) is 11.3 Å². The van der Waals surface area contributed by atoms with Crippen LogP contribution in [-0.4, -0.2) is 92.0 Å². The number of anilines is 1. The smallest absolute Gasteiger partial charge is 0.245 e. The highest BCUT2D eigenvalue weighted by atomic mass is 16.2. The Labute approximate surface area is 178 Å². The molecule has 2 N–H and O–H groups in total. The van der Waals surface area contributed by atoms with Crippen LogP contribution in [0.25, 0.3) is 0 Å². The van der Waals surface area contributed by atoms with Gasteiger partial charge in [0.15, 0.2) is 0 Å². The maximum atomic E-state index is 12.7. The number of nitrogens with zero attached hydrogens (tertiary/aromatic N) is 4. The summed E-state index contributed by atoms with van der Waals surface area (Å²) in [5.74, 6) is 0.426. The molecule has 1 aromatic carbocycles. The Morgan fingerprint density at radius 3 is 2.33 bits per heavy atom. The van der Waals surface area contributed by atoms with E-state index in [0.717, 1.165) is 39.1 Å². The summed E-state index contributed by atoms with van der Waals surface area (Å²) in [4.78, 5) is 33.6. The summed E-state index contributed by atoms with van der Waals surface area (Å²) in [5, 5.41) is 0. The molecule has 4 fully saturated rings. The Hall–Kier alpha value is -2.16. The van der Waals surface area contributed by atoms with Crippen LogP contribution < -0.4 is 15.8 Å². The van der Waals surface area contributed by atoms with E-state index in [1.807, 2.05) is 11.9 Å². The van der Waals surface area contributed by atoms with Crippen LogP contribution in [0.3, 0.4) is 0 Å². The average Bonchev–Trinajstić information content (AvgIpc) is 3.31. The molecule has 0 radical (unpaired) electrons. The van der Waals surface area contributed by atoms with Gasteiger partial charge in [-0.05, 0) is 31.2 Å². The molecule has 8 nitrogen and oxygen atoms in total. The van der Waals surface area contributed by atoms with Crippen LogP contribution in [0.2, 0.25) is 0 Å². The monoisotopic (exact) mass is 412 g/mol. The van der Waals surface area contributed by atoms with Gasteiger partial charge in [0.25, 0.3) is 0 Å². The number of hydrazine groups is 1. The van der Waals surface area contributed by atoms with Gasteiger partial charge in [0.05, 0.1) is 6.04 Å². The summed E-state index contributed by atoms with van der Waals surface area (Å²) in [6.45, 7) is 5.67. The van der Waals surface area contributed by atoms with E-state index in [9.17, 15) is 9.59 Å². The first kappa shape index (κ1) is 19.8. The minimum atomic E-state index is -0.288. The van der Waals surface area contributed by atoms with Crippen molar-refractivity contribution in [1.82, 2.24) is 25.6 Å². The molecule has 4 heterocycles. The molecular weight excluding hydrogens is 380 g/mol. The number of piperidine rings is 1. The molecule has 4 unspecified atom stereocenters. The minimum absolute atomic E-state index is 0.0776. The Bertz CT molecular complexity index is 806. The normalized spacial score (nSPS) is 32.8. The van der Waals surface area contributed by atoms with Crippen LogP contribution in [-0.2, 0) is 9.59 Å². The average molecular weight is 413 g/mol. The zero-order valence-corrected chi connectivity index (χ0v) is 17.9. The third-order valence-corrected chi connectivity index (χ3v) is 7.39. The fourth-order valence-electron chi connectivity index (χ4n) is 5.39. The van der Waals surface area contributed by atoms with Crippen LogP contribution in [0.5, 0.6) is 0 Å². The predicted molar refractivity (Wildman–Crippen MR) is 115 cm³/mol. The highest BCUT2D eigenvalue weighted by molar-refractivity contribution is 5.89. The van der Waals surface area contributed by atoms with Gasteiger partial charge in [-0.25, -0.2) is 5.43 Å². The van der Waals surface area contributed by atoms with Crippen molar-refractivity contribution in [2.45, 2.75) is 31.0 Å². The summed E-state index contributed by atoms with van der Waals surface area (Å²) < 4.78 is 0. The fraction of sp³-hybridized carbons (Fsp3) is 0.636. The van der Waals surface area contributed by atoms with Gasteiger partial charge in [0.2, 0.25) is 11.8 Å². The van der Waals surface area contributed by atoms with Gasteiger partial charge in [0.1, 0.15) is 6.04 Å². The van der Waals surface area contributed by atoms with Gasteiger partial charge in [-0.3, -0.25) is 15.0 Å². The van der Waals surface area contributed by atoms with E-state index in [0.29, 0.717) is 13.0 Å². The molecule has 4 aliphatic heterocycles. The van der Waals surface area contributed by atoms with Crippen LogP contribution in [0, 0.1) is 5.92 Å². The first-order chi connectivity index (χ1) is 14.5. The third kappa shape index (κ3) is 3.46. The molecule has 1 aromatic rings. The van der Waals surface area contributed by atoms with Crippen molar-refractivity contribution in [2.75, 3.05) is 58.3 Å². The molecule has 30 heavy (non-hydrogen) atoms. The van der Waals surface area contributed by atoms with Crippen molar-refractivity contribution in [2.24, 2.45) is 5.92 Å². The Morgan fingerprint density at radius 1 is 0.933 bits per heavy atom. The van der Waals surface area contributed by atoms with Crippen LogP contribution in [0.4, 0.5) is 5.69 Å². The highest BCUT2D eigenvalue weighted by Gasteiger charge is 2.47. The van der Waals surface area contributed by atoms with Gasteiger partial charge in [-0.1, -0.05) is 12.1 Å². The number of carbonyl (C=O) groups excluding carboxylic acids is 2. The van der Waals surface area contributed by atoms with E-state index in [-0.39, 0.29) is 35.9 Å². The highest BCUT2D eigenvalue weighted by Crippen LogP contribution is 2.36. The molecule has 0 spiro atoms. The second kappa shape index (κ2) is 7.83. The van der Waals surface area contributed by atoms with Gasteiger partial charge in [-0.2, -0.15) is 0 Å². The van der Waals surface area contributed by atoms with Crippen LogP contribution >= 0.6 is 0 Å². The number of hydrogen-bond donors (Lipinski definition) is 2. The Morgan fingerprint density at radius 2 is 1.67 bits per heavy atom. The summed E-state index contributed by atoms with van der Waals surface area (Å²) >= 11 is 0. The first-order valence-corrected chi connectivity index (χ1v) is 11.1. The molecule has 2 amide bonds. The molecule has 0 bridgehead atoms. The standard InChI is InChI=1S/C22H32N6O2/c1-25-9-11-27(12-10-25)16-5-3-15(4-6-16)21-17-14-28(19-7-8-26(2)22(19)30)20(29)13-18(17)23-24-21/h3-6,17-19,21,23-24H,7-14H2,1-2H3. The summed E-state index contributed by atoms with van der Waals surface area (Å²) in [5.41, 5.74) is 9.28. The van der Waals surface area contributed by atoms with Crippen molar-refractivity contribution in [3.05, 3.63) is 29.8 Å². The first-order valence-electron chi connectivity index (χ1n) is 11.1. The predicted octanol–water partition coefficient (Wildman–Crippen LogP) is 0.0351. The molecular formula is C22H32N6O2. The quantitative estimate of drug-likeness (QED) is 0.730. The Balaban J connectivity index is 1.30. The van der Waals surface area contributed by atoms with E-state index >= 15 is 0 Å². The number of likely N-dealkylation sites (tertiary alicyclic amines) is 2. The third-order valence-electron chi connectivity index (χ3n) is 7.39. The lowest BCUT2D eigenvalue weighted by Gasteiger charge is -2.38. The molecule has 4 saturated heterocycles. The number of nitrogens with one attached hydrogen (secondary N) is 2. The van der Waals surface area contributed by atoms with Gasteiger partial charge in [-0.15, -0.1) is 0 Å². The number of fused-ring (bicyclic) bond motifs is 1. The zero-order valence-electron chi connectivity index (χ0n) is 17.9. The van der Waals surface area contributed by atoms with E-state index < -0.39 is 0 Å². The molecule has 0 aliphatic carbocycles. The van der Waals surface area contributed by atoms with E-state index in [2.05, 4.69) is 52.0 Å². The van der Waals surface area contributed by atoms with Gasteiger partial charge in [0, 0.05) is 70.4 Å². The number of rotatable bonds is 3. The number of benzene rings is 1. The number of likely N-dealkylation sites (N-methyl/N-ethyl adjacent to an activating group) is 2. The number of carbonyl (C=O) groups is 2. The van der Waals surface area contributed by atoms with Crippen molar-refractivity contribution >= 4 is 17.5 Å². The maximum absolute atomic E-state index is 12.7. The van der Waals surface area contributed by atoms with E-state index in [1.54, 1.807) is 4.90 Å².